The van der Waals surface area contributed by atoms with Gasteiger partial charge < -0.3 is 4.57 Å². The average molecular weight is 381 g/mol. The van der Waals surface area contributed by atoms with E-state index in [1.807, 2.05) is 18.4 Å². The number of nitrogens with zero attached hydrogens (tertiary/aromatic N) is 3. The van der Waals surface area contributed by atoms with Crippen molar-refractivity contribution in [3.63, 3.8) is 0 Å². The Labute approximate surface area is 160 Å². The van der Waals surface area contributed by atoms with Crippen molar-refractivity contribution in [2.45, 2.75) is 27.3 Å². The van der Waals surface area contributed by atoms with E-state index >= 15 is 0 Å². The number of fused-ring (bicyclic) bond motifs is 1. The molecule has 1 heterocycles. The number of thiazole rings is 1. The van der Waals surface area contributed by atoms with Gasteiger partial charge >= 0.3 is 0 Å². The smallest absolute Gasteiger partial charge is 0.272 e. The number of benzene rings is 2. The fourth-order valence-electron chi connectivity index (χ4n) is 2.94. The fourth-order valence-corrected chi connectivity index (χ4v) is 4.09. The molecule has 3 rings (SSSR count). The van der Waals surface area contributed by atoms with Gasteiger partial charge in [-0.15, -0.1) is 0 Å². The number of carbonyl (C=O) groups is 1. The minimum Gasteiger partial charge on any atom is -0.317 e. The standard InChI is InChI=1S/C20H19N3O3S/c1-4-22-17-11-13(2)10-14(3)19(17)27-20(22)21-18(24)9-8-15-6-5-7-16(12-15)23(25)26/h5-12H,4H2,1-3H3/b9-8+,21-20?. The molecule has 0 bridgehead atoms. The number of carbonyl (C=O) groups excluding carboxylic acids is 1. The lowest BCUT2D eigenvalue weighted by Gasteiger charge is -2.02. The molecule has 0 aliphatic carbocycles. The minimum absolute atomic E-state index is 0.0132. The van der Waals surface area contributed by atoms with Crippen molar-refractivity contribution in [2.24, 2.45) is 4.99 Å². The van der Waals surface area contributed by atoms with Crippen LogP contribution in [0, 0.1) is 24.0 Å². The molecule has 7 heteroatoms. The lowest BCUT2D eigenvalue weighted by atomic mass is 10.1. The van der Waals surface area contributed by atoms with Gasteiger partial charge in [-0.1, -0.05) is 29.5 Å². The molecule has 0 fully saturated rings. The molecule has 0 aliphatic rings. The molecule has 0 N–H and O–H groups in total. The number of non-ortho nitro benzene ring substituents is 1. The van der Waals surface area contributed by atoms with Crippen LogP contribution in [-0.2, 0) is 11.3 Å². The maximum absolute atomic E-state index is 12.3. The predicted octanol–water partition coefficient (Wildman–Crippen LogP) is 4.39. The Kier molecular flexibility index (Phi) is 5.32. The van der Waals surface area contributed by atoms with Gasteiger partial charge in [-0.3, -0.25) is 14.9 Å². The van der Waals surface area contributed by atoms with Crippen LogP contribution in [-0.4, -0.2) is 15.4 Å². The van der Waals surface area contributed by atoms with Crippen LogP contribution in [0.4, 0.5) is 5.69 Å². The van der Waals surface area contributed by atoms with Crippen molar-refractivity contribution in [3.05, 3.63) is 74.1 Å². The second-order valence-electron chi connectivity index (χ2n) is 6.19. The number of hydrogen-bond acceptors (Lipinski definition) is 4. The molecule has 0 spiro atoms. The highest BCUT2D eigenvalue weighted by atomic mass is 32.1. The van der Waals surface area contributed by atoms with E-state index in [1.165, 1.54) is 46.7 Å². The van der Waals surface area contributed by atoms with Crippen molar-refractivity contribution >= 4 is 39.2 Å². The van der Waals surface area contributed by atoms with Gasteiger partial charge in [0.05, 0.1) is 15.1 Å². The normalized spacial score (nSPS) is 12.2. The zero-order valence-corrected chi connectivity index (χ0v) is 16.1. The van der Waals surface area contributed by atoms with E-state index in [4.69, 9.17) is 0 Å². The Bertz CT molecular complexity index is 1140. The Morgan fingerprint density at radius 3 is 2.78 bits per heavy atom. The van der Waals surface area contributed by atoms with E-state index in [9.17, 15) is 14.9 Å². The van der Waals surface area contributed by atoms with Crippen LogP contribution in [0.5, 0.6) is 0 Å². The van der Waals surface area contributed by atoms with Crippen LogP contribution >= 0.6 is 11.3 Å². The van der Waals surface area contributed by atoms with Crippen LogP contribution in [0.25, 0.3) is 16.3 Å². The van der Waals surface area contributed by atoms with Crippen molar-refractivity contribution in [2.75, 3.05) is 0 Å². The Hall–Kier alpha value is -3.06. The summed E-state index contributed by atoms with van der Waals surface area (Å²) in [5.41, 5.74) is 3.98. The van der Waals surface area contributed by atoms with Gasteiger partial charge in [0, 0.05) is 24.8 Å². The molecule has 0 atom stereocenters. The maximum atomic E-state index is 12.3. The lowest BCUT2D eigenvalue weighted by molar-refractivity contribution is -0.384. The second kappa shape index (κ2) is 7.67. The summed E-state index contributed by atoms with van der Waals surface area (Å²) in [6.07, 6.45) is 2.87. The molecule has 3 aromatic rings. The summed E-state index contributed by atoms with van der Waals surface area (Å²) in [7, 11) is 0. The zero-order chi connectivity index (χ0) is 19.6. The summed E-state index contributed by atoms with van der Waals surface area (Å²) in [4.78, 5) is 27.6. The van der Waals surface area contributed by atoms with Crippen LogP contribution in [0.3, 0.4) is 0 Å². The van der Waals surface area contributed by atoms with Crippen molar-refractivity contribution in [1.82, 2.24) is 4.57 Å². The van der Waals surface area contributed by atoms with Gasteiger partial charge in [0.15, 0.2) is 4.80 Å². The Morgan fingerprint density at radius 2 is 2.07 bits per heavy atom. The topological polar surface area (TPSA) is 77.5 Å². The first-order valence-corrected chi connectivity index (χ1v) is 9.32. The predicted molar refractivity (Wildman–Crippen MR) is 108 cm³/mol. The summed E-state index contributed by atoms with van der Waals surface area (Å²) in [6.45, 7) is 6.84. The molecule has 1 amide bonds. The molecule has 0 radical (unpaired) electrons. The van der Waals surface area contributed by atoms with Gasteiger partial charge in [0.1, 0.15) is 0 Å². The number of nitro groups is 1. The molecule has 2 aromatic carbocycles. The number of nitro benzene ring substituents is 1. The monoisotopic (exact) mass is 381 g/mol. The summed E-state index contributed by atoms with van der Waals surface area (Å²) >= 11 is 1.49. The van der Waals surface area contributed by atoms with Crippen LogP contribution in [0.2, 0.25) is 0 Å². The van der Waals surface area contributed by atoms with Crippen molar-refractivity contribution < 1.29 is 9.72 Å². The molecule has 6 nitrogen and oxygen atoms in total. The quantitative estimate of drug-likeness (QED) is 0.382. The SMILES string of the molecule is CCn1c(=NC(=O)/C=C/c2cccc([N+](=O)[O-])c2)sc2c(C)cc(C)cc21. The summed E-state index contributed by atoms with van der Waals surface area (Å²) in [6, 6.07) is 10.3. The maximum Gasteiger partial charge on any atom is 0.272 e. The first-order valence-electron chi connectivity index (χ1n) is 8.51. The molecule has 27 heavy (non-hydrogen) atoms. The van der Waals surface area contributed by atoms with Crippen LogP contribution in [0.15, 0.2) is 47.5 Å². The molecule has 0 unspecified atom stereocenters. The van der Waals surface area contributed by atoms with E-state index in [-0.39, 0.29) is 5.69 Å². The molecule has 0 saturated carbocycles. The molecule has 0 saturated heterocycles. The molecule has 1 aromatic heterocycles. The van der Waals surface area contributed by atoms with Gasteiger partial charge in [0.2, 0.25) is 0 Å². The third kappa shape index (κ3) is 4.03. The first-order chi connectivity index (χ1) is 12.9. The second-order valence-corrected chi connectivity index (χ2v) is 7.17. The zero-order valence-electron chi connectivity index (χ0n) is 15.3. The minimum atomic E-state index is -0.463. The highest BCUT2D eigenvalue weighted by Crippen LogP contribution is 2.23. The third-order valence-corrected chi connectivity index (χ3v) is 5.37. The lowest BCUT2D eigenvalue weighted by Crippen LogP contribution is -2.15. The Morgan fingerprint density at radius 1 is 1.30 bits per heavy atom. The van der Waals surface area contributed by atoms with Crippen molar-refractivity contribution in [1.29, 1.82) is 0 Å². The number of rotatable bonds is 4. The molecular weight excluding hydrogens is 362 g/mol. The highest BCUT2D eigenvalue weighted by molar-refractivity contribution is 7.16. The largest absolute Gasteiger partial charge is 0.317 e. The first kappa shape index (κ1) is 18.7. The molecule has 0 aliphatic heterocycles. The van der Waals surface area contributed by atoms with Crippen molar-refractivity contribution in [3.8, 4) is 0 Å². The number of aryl methyl sites for hydroxylation is 3. The van der Waals surface area contributed by atoms with E-state index in [1.54, 1.807) is 12.1 Å². The summed E-state index contributed by atoms with van der Waals surface area (Å²) < 4.78 is 3.15. The number of hydrogen-bond donors (Lipinski definition) is 0. The fraction of sp³-hybridized carbons (Fsp3) is 0.200. The molecular formula is C20H19N3O3S. The van der Waals surface area contributed by atoms with E-state index in [0.29, 0.717) is 16.9 Å². The third-order valence-electron chi connectivity index (χ3n) is 4.14. The number of amides is 1. The number of aromatic nitrogens is 1. The summed E-state index contributed by atoms with van der Waals surface area (Å²) in [5, 5.41) is 10.8. The average Bonchev–Trinajstić information content (AvgIpc) is 2.97. The van der Waals surface area contributed by atoms with E-state index in [2.05, 4.69) is 24.0 Å². The van der Waals surface area contributed by atoms with Gasteiger partial charge in [0.25, 0.3) is 11.6 Å². The van der Waals surface area contributed by atoms with Gasteiger partial charge in [-0.2, -0.15) is 4.99 Å². The van der Waals surface area contributed by atoms with Crippen LogP contribution in [0.1, 0.15) is 23.6 Å². The van der Waals surface area contributed by atoms with E-state index in [0.717, 1.165) is 10.2 Å². The summed E-state index contributed by atoms with van der Waals surface area (Å²) in [5.74, 6) is -0.398. The highest BCUT2D eigenvalue weighted by Gasteiger charge is 2.09. The molecule has 138 valence electrons. The van der Waals surface area contributed by atoms with Gasteiger partial charge in [-0.25, -0.2) is 0 Å². The van der Waals surface area contributed by atoms with Gasteiger partial charge in [-0.05, 0) is 49.6 Å². The van der Waals surface area contributed by atoms with E-state index < -0.39 is 10.8 Å². The Balaban J connectivity index is 1.97. The van der Waals surface area contributed by atoms with Crippen LogP contribution < -0.4 is 4.80 Å².